The van der Waals surface area contributed by atoms with Gasteiger partial charge >= 0.3 is 0 Å². The normalized spacial score (nSPS) is 11.8. The Hall–Kier alpha value is -5.60. The van der Waals surface area contributed by atoms with Crippen LogP contribution in [-0.2, 0) is 0 Å². The lowest BCUT2D eigenvalue weighted by molar-refractivity contribution is 0.669. The standard InChI is InChI=1S/C40H25NO/c1-2-9-30(10-3-1)41(32-22-23-38-36(25-32)34-12-6-7-13-37(34)42-38)31-21-20-27-15-17-29-19-18-28-16-14-26-8-4-5-11-33(26)39(28)40(29)35(27)24-31/h1-25H. The quantitative estimate of drug-likeness (QED) is 0.209. The Bertz CT molecular complexity index is 2460. The maximum absolute atomic E-state index is 6.16. The molecule has 0 aliphatic carbocycles. The van der Waals surface area contributed by atoms with Crippen LogP contribution in [0.1, 0.15) is 0 Å². The van der Waals surface area contributed by atoms with Crippen molar-refractivity contribution in [3.05, 3.63) is 152 Å². The summed E-state index contributed by atoms with van der Waals surface area (Å²) in [6, 6.07) is 54.5. The van der Waals surface area contributed by atoms with Crippen LogP contribution in [-0.4, -0.2) is 0 Å². The Labute approximate surface area is 242 Å². The SMILES string of the molecule is c1ccc(N(c2ccc3oc4ccccc4c3c2)c2ccc3ccc4ccc5ccc6ccccc6c5c4c3c2)cc1. The number of furan rings is 1. The average molecular weight is 536 g/mol. The lowest BCUT2D eigenvalue weighted by atomic mass is 9.92. The van der Waals surface area contributed by atoms with Gasteiger partial charge in [-0.2, -0.15) is 0 Å². The molecule has 0 unspecified atom stereocenters. The molecule has 0 atom stereocenters. The van der Waals surface area contributed by atoms with E-state index in [0.29, 0.717) is 0 Å². The van der Waals surface area contributed by atoms with Crippen molar-refractivity contribution in [3.63, 3.8) is 0 Å². The summed E-state index contributed by atoms with van der Waals surface area (Å²) in [5.41, 5.74) is 5.13. The number of rotatable bonds is 3. The van der Waals surface area contributed by atoms with Crippen LogP contribution < -0.4 is 4.90 Å². The molecule has 1 heterocycles. The van der Waals surface area contributed by atoms with E-state index in [9.17, 15) is 0 Å². The van der Waals surface area contributed by atoms with E-state index in [0.717, 1.165) is 39.0 Å². The van der Waals surface area contributed by atoms with Crippen molar-refractivity contribution >= 4 is 82.1 Å². The summed E-state index contributed by atoms with van der Waals surface area (Å²) in [7, 11) is 0. The lowest BCUT2D eigenvalue weighted by Crippen LogP contribution is -2.09. The van der Waals surface area contributed by atoms with E-state index in [1.807, 2.05) is 12.1 Å². The molecule has 0 spiro atoms. The zero-order valence-corrected chi connectivity index (χ0v) is 22.8. The third-order valence-electron chi connectivity index (χ3n) is 8.58. The minimum Gasteiger partial charge on any atom is -0.456 e. The molecule has 0 amide bonds. The van der Waals surface area contributed by atoms with E-state index in [4.69, 9.17) is 4.42 Å². The lowest BCUT2D eigenvalue weighted by Gasteiger charge is -2.26. The molecular weight excluding hydrogens is 510 g/mol. The first-order valence-corrected chi connectivity index (χ1v) is 14.4. The van der Waals surface area contributed by atoms with Crippen molar-refractivity contribution in [2.45, 2.75) is 0 Å². The molecule has 0 bridgehead atoms. The van der Waals surface area contributed by atoms with Crippen molar-refractivity contribution in [1.82, 2.24) is 0 Å². The highest BCUT2D eigenvalue weighted by Crippen LogP contribution is 2.42. The minimum absolute atomic E-state index is 0.899. The smallest absolute Gasteiger partial charge is 0.135 e. The Morgan fingerprint density at radius 1 is 0.333 bits per heavy atom. The van der Waals surface area contributed by atoms with E-state index < -0.39 is 0 Å². The second-order valence-electron chi connectivity index (χ2n) is 11.0. The average Bonchev–Trinajstić information content (AvgIpc) is 3.43. The van der Waals surface area contributed by atoms with Crippen LogP contribution in [0.2, 0.25) is 0 Å². The topological polar surface area (TPSA) is 16.4 Å². The molecule has 2 nitrogen and oxygen atoms in total. The number of hydrogen-bond acceptors (Lipinski definition) is 2. The van der Waals surface area contributed by atoms with E-state index in [-0.39, 0.29) is 0 Å². The van der Waals surface area contributed by atoms with Gasteiger partial charge in [-0.1, -0.05) is 103 Å². The van der Waals surface area contributed by atoms with E-state index in [1.165, 1.54) is 43.1 Å². The fraction of sp³-hybridized carbons (Fsp3) is 0. The molecule has 1 aromatic heterocycles. The van der Waals surface area contributed by atoms with Gasteiger partial charge in [0.2, 0.25) is 0 Å². The van der Waals surface area contributed by atoms with Crippen LogP contribution in [0.4, 0.5) is 17.1 Å². The number of benzene rings is 8. The van der Waals surface area contributed by atoms with Gasteiger partial charge in [0.05, 0.1) is 0 Å². The number of fused-ring (bicyclic) bond motifs is 10. The van der Waals surface area contributed by atoms with Crippen molar-refractivity contribution in [1.29, 1.82) is 0 Å². The first-order chi connectivity index (χ1) is 20.8. The Morgan fingerprint density at radius 2 is 0.857 bits per heavy atom. The highest BCUT2D eigenvalue weighted by atomic mass is 16.3. The Kier molecular flexibility index (Phi) is 4.93. The molecule has 0 fully saturated rings. The Balaban J connectivity index is 1.35. The number of hydrogen-bond donors (Lipinski definition) is 0. The molecule has 0 aliphatic heterocycles. The molecule has 0 saturated heterocycles. The van der Waals surface area contributed by atoms with E-state index >= 15 is 0 Å². The van der Waals surface area contributed by atoms with E-state index in [2.05, 4.69) is 144 Å². The highest BCUT2D eigenvalue weighted by molar-refractivity contribution is 6.27. The first kappa shape index (κ1) is 23.1. The van der Waals surface area contributed by atoms with Crippen LogP contribution in [0, 0.1) is 0 Å². The molecule has 0 N–H and O–H groups in total. The van der Waals surface area contributed by atoms with Gasteiger partial charge in [-0.25, -0.2) is 0 Å². The second kappa shape index (κ2) is 8.95. The fourth-order valence-corrected chi connectivity index (χ4v) is 6.64. The maximum atomic E-state index is 6.16. The van der Waals surface area contributed by atoms with Gasteiger partial charge in [0.15, 0.2) is 0 Å². The summed E-state index contributed by atoms with van der Waals surface area (Å²) in [5, 5.41) is 12.4. The van der Waals surface area contributed by atoms with Crippen molar-refractivity contribution in [3.8, 4) is 0 Å². The molecule has 42 heavy (non-hydrogen) atoms. The summed E-state index contributed by atoms with van der Waals surface area (Å²) in [6.07, 6.45) is 0. The highest BCUT2D eigenvalue weighted by Gasteiger charge is 2.17. The molecule has 0 saturated carbocycles. The first-order valence-electron chi connectivity index (χ1n) is 14.4. The number of para-hydroxylation sites is 2. The largest absolute Gasteiger partial charge is 0.456 e. The molecule has 9 rings (SSSR count). The molecule has 196 valence electrons. The van der Waals surface area contributed by atoms with Crippen LogP contribution in [0.15, 0.2) is 156 Å². The monoisotopic (exact) mass is 535 g/mol. The molecule has 0 radical (unpaired) electrons. The Morgan fingerprint density at radius 3 is 1.64 bits per heavy atom. The zero-order valence-electron chi connectivity index (χ0n) is 22.8. The maximum Gasteiger partial charge on any atom is 0.135 e. The van der Waals surface area contributed by atoms with Crippen LogP contribution in [0.3, 0.4) is 0 Å². The van der Waals surface area contributed by atoms with Gasteiger partial charge in [0, 0.05) is 27.8 Å². The second-order valence-corrected chi connectivity index (χ2v) is 11.0. The summed E-state index contributed by atoms with van der Waals surface area (Å²) < 4.78 is 6.16. The summed E-state index contributed by atoms with van der Waals surface area (Å²) in [4.78, 5) is 2.35. The van der Waals surface area contributed by atoms with Gasteiger partial charge < -0.3 is 9.32 Å². The number of anilines is 3. The van der Waals surface area contributed by atoms with Crippen LogP contribution in [0.5, 0.6) is 0 Å². The zero-order chi connectivity index (χ0) is 27.6. The molecule has 0 aliphatic rings. The van der Waals surface area contributed by atoms with Gasteiger partial charge in [-0.3, -0.25) is 0 Å². The predicted molar refractivity (Wildman–Crippen MR) is 178 cm³/mol. The van der Waals surface area contributed by atoms with Crippen LogP contribution in [0.25, 0.3) is 65.0 Å². The van der Waals surface area contributed by atoms with Crippen molar-refractivity contribution < 1.29 is 4.42 Å². The molecule has 8 aromatic carbocycles. The van der Waals surface area contributed by atoms with Crippen LogP contribution >= 0.6 is 0 Å². The molecular formula is C40H25NO. The van der Waals surface area contributed by atoms with Gasteiger partial charge in [-0.05, 0) is 91.6 Å². The summed E-state index contributed by atoms with van der Waals surface area (Å²) >= 11 is 0. The predicted octanol–water partition coefficient (Wildman–Crippen LogP) is 11.7. The van der Waals surface area contributed by atoms with Gasteiger partial charge in [0.1, 0.15) is 11.2 Å². The van der Waals surface area contributed by atoms with Crippen molar-refractivity contribution in [2.24, 2.45) is 0 Å². The number of nitrogens with zero attached hydrogens (tertiary/aromatic N) is 1. The van der Waals surface area contributed by atoms with Gasteiger partial charge in [-0.15, -0.1) is 0 Å². The molecule has 2 heteroatoms. The van der Waals surface area contributed by atoms with Gasteiger partial charge in [0.25, 0.3) is 0 Å². The fourth-order valence-electron chi connectivity index (χ4n) is 6.64. The van der Waals surface area contributed by atoms with E-state index in [1.54, 1.807) is 0 Å². The summed E-state index contributed by atoms with van der Waals surface area (Å²) in [5.74, 6) is 0. The van der Waals surface area contributed by atoms with Crippen molar-refractivity contribution in [2.75, 3.05) is 4.90 Å². The summed E-state index contributed by atoms with van der Waals surface area (Å²) in [6.45, 7) is 0. The minimum atomic E-state index is 0.899. The third kappa shape index (κ3) is 3.45. The molecule has 9 aromatic rings. The third-order valence-corrected chi connectivity index (χ3v) is 8.58.